The summed E-state index contributed by atoms with van der Waals surface area (Å²) in [5.74, 6) is 0.0544. The van der Waals surface area contributed by atoms with Gasteiger partial charge in [-0.15, -0.1) is 0 Å². The molecule has 0 aromatic carbocycles. The molecule has 0 bridgehead atoms. The Bertz CT molecular complexity index is 167. The van der Waals surface area contributed by atoms with Gasteiger partial charge >= 0.3 is 0 Å². The van der Waals surface area contributed by atoms with E-state index in [1.165, 1.54) is 6.92 Å². The van der Waals surface area contributed by atoms with Gasteiger partial charge in [-0.2, -0.15) is 0 Å². The molecule has 8 heavy (non-hydrogen) atoms. The number of aliphatic imine (C=N–C) groups is 1. The molecule has 0 saturated heterocycles. The molecule has 0 N–H and O–H groups in total. The summed E-state index contributed by atoms with van der Waals surface area (Å²) in [6.07, 6.45) is 3.62. The Hall–Kier alpha value is -0.920. The molecule has 0 fully saturated rings. The van der Waals surface area contributed by atoms with E-state index in [0.717, 1.165) is 0 Å². The number of allylic oxidation sites excluding steroid dienone is 1. The Morgan fingerprint density at radius 2 is 2.62 bits per heavy atom. The highest BCUT2D eigenvalue weighted by molar-refractivity contribution is 6.43. The van der Waals surface area contributed by atoms with Crippen molar-refractivity contribution in [2.24, 2.45) is 4.99 Å². The smallest absolute Gasteiger partial charge is 0.177 e. The molecular weight excluding hydrogens is 102 g/mol. The molecule has 2 nitrogen and oxygen atoms in total. The molecule has 2 heteroatoms. The van der Waals surface area contributed by atoms with E-state index < -0.39 is 0 Å². The van der Waals surface area contributed by atoms with E-state index in [1.54, 1.807) is 6.08 Å². The Morgan fingerprint density at radius 1 is 1.88 bits per heavy atom. The lowest BCUT2D eigenvalue weighted by atomic mass is 10.3. The van der Waals surface area contributed by atoms with Gasteiger partial charge in [-0.3, -0.25) is 9.79 Å². The van der Waals surface area contributed by atoms with Gasteiger partial charge in [0.15, 0.2) is 5.78 Å². The monoisotopic (exact) mass is 109 g/mol. The summed E-state index contributed by atoms with van der Waals surface area (Å²) in [6.45, 7) is 2.20. The molecule has 0 aliphatic carbocycles. The molecule has 0 amide bonds. The van der Waals surface area contributed by atoms with Crippen LogP contribution in [0.1, 0.15) is 6.92 Å². The van der Waals surface area contributed by atoms with Crippen LogP contribution in [0.25, 0.3) is 0 Å². The molecule has 0 aromatic rings. The Morgan fingerprint density at radius 3 is 2.88 bits per heavy atom. The van der Waals surface area contributed by atoms with Crippen LogP contribution in [-0.4, -0.2) is 18.0 Å². The number of hydrogen-bond donors (Lipinski definition) is 0. The number of ketones is 1. The fraction of sp³-hybridized carbons (Fsp3) is 0.333. The van der Waals surface area contributed by atoms with E-state index >= 15 is 0 Å². The van der Waals surface area contributed by atoms with Crippen LogP contribution in [0, 0.1) is 0 Å². The van der Waals surface area contributed by atoms with E-state index in [-0.39, 0.29) is 5.78 Å². The van der Waals surface area contributed by atoms with Crippen molar-refractivity contribution in [1.82, 2.24) is 0 Å². The van der Waals surface area contributed by atoms with E-state index in [9.17, 15) is 4.79 Å². The molecule has 0 saturated carbocycles. The lowest BCUT2D eigenvalue weighted by Crippen LogP contribution is -2.02. The van der Waals surface area contributed by atoms with Crippen molar-refractivity contribution in [3.63, 3.8) is 0 Å². The maximum absolute atomic E-state index is 10.5. The van der Waals surface area contributed by atoms with Crippen molar-refractivity contribution in [1.29, 1.82) is 0 Å². The van der Waals surface area contributed by atoms with Crippen LogP contribution in [0.2, 0.25) is 0 Å². The normalized spacial score (nSPS) is 16.4. The van der Waals surface area contributed by atoms with Gasteiger partial charge in [0.05, 0.1) is 6.54 Å². The first-order chi connectivity index (χ1) is 3.80. The van der Waals surface area contributed by atoms with Crippen molar-refractivity contribution < 1.29 is 4.79 Å². The fourth-order valence-electron chi connectivity index (χ4n) is 0.597. The third kappa shape index (κ3) is 0.832. The number of carbonyl (C=O) groups is 1. The number of carbonyl (C=O) groups excluding carboxylic acids is 1. The largest absolute Gasteiger partial charge is 0.293 e. The molecule has 42 valence electrons. The number of hydrogen-bond acceptors (Lipinski definition) is 2. The zero-order valence-corrected chi connectivity index (χ0v) is 4.72. The lowest BCUT2D eigenvalue weighted by Gasteiger charge is -1.83. The molecule has 1 heterocycles. The second-order valence-electron chi connectivity index (χ2n) is 1.68. The van der Waals surface area contributed by atoms with Crippen molar-refractivity contribution in [3.05, 3.63) is 12.2 Å². The lowest BCUT2D eigenvalue weighted by molar-refractivity contribution is -0.111. The summed E-state index contributed by atoms with van der Waals surface area (Å²) in [5.41, 5.74) is 0.602. The van der Waals surface area contributed by atoms with Gasteiger partial charge in [-0.05, 0) is 6.08 Å². The highest BCUT2D eigenvalue weighted by atomic mass is 16.1. The topological polar surface area (TPSA) is 29.4 Å². The van der Waals surface area contributed by atoms with Gasteiger partial charge in [0.2, 0.25) is 0 Å². The van der Waals surface area contributed by atoms with Gasteiger partial charge in [-0.25, -0.2) is 0 Å². The summed E-state index contributed by atoms with van der Waals surface area (Å²) < 4.78 is 0. The third-order valence-electron chi connectivity index (χ3n) is 1.00. The Kier molecular flexibility index (Phi) is 1.24. The molecular formula is C6H7NO. The minimum absolute atomic E-state index is 0.0544. The molecule has 1 rings (SSSR count). The van der Waals surface area contributed by atoms with Gasteiger partial charge < -0.3 is 0 Å². The minimum atomic E-state index is 0.0544. The number of Topliss-reactive ketones (excluding diaryl/α,β-unsaturated/α-hetero) is 1. The van der Waals surface area contributed by atoms with Gasteiger partial charge in [0.1, 0.15) is 5.71 Å². The van der Waals surface area contributed by atoms with Crippen LogP contribution < -0.4 is 0 Å². The molecule has 0 atom stereocenters. The van der Waals surface area contributed by atoms with Crippen LogP contribution in [0.5, 0.6) is 0 Å². The Balaban J connectivity index is 2.72. The number of nitrogens with zero attached hydrogens (tertiary/aromatic N) is 1. The molecule has 1 aliphatic heterocycles. The third-order valence-corrected chi connectivity index (χ3v) is 1.00. The van der Waals surface area contributed by atoms with Crippen LogP contribution in [0.15, 0.2) is 17.1 Å². The van der Waals surface area contributed by atoms with Crippen LogP contribution >= 0.6 is 0 Å². The first-order valence-electron chi connectivity index (χ1n) is 2.52. The SMILES string of the molecule is CC(=O)C1=NCC=C1. The zero-order chi connectivity index (χ0) is 5.98. The highest BCUT2D eigenvalue weighted by Crippen LogP contribution is 1.93. The maximum Gasteiger partial charge on any atom is 0.177 e. The first-order valence-corrected chi connectivity index (χ1v) is 2.52. The highest BCUT2D eigenvalue weighted by Gasteiger charge is 2.02. The van der Waals surface area contributed by atoms with Crippen molar-refractivity contribution in [2.45, 2.75) is 6.92 Å². The second kappa shape index (κ2) is 1.90. The van der Waals surface area contributed by atoms with Crippen LogP contribution in [-0.2, 0) is 4.79 Å². The molecule has 0 aromatic heterocycles. The summed E-state index contributed by atoms with van der Waals surface area (Å²) >= 11 is 0. The number of rotatable bonds is 1. The molecule has 0 radical (unpaired) electrons. The maximum atomic E-state index is 10.5. The average molecular weight is 109 g/mol. The second-order valence-corrected chi connectivity index (χ2v) is 1.68. The molecule has 0 spiro atoms. The van der Waals surface area contributed by atoms with E-state index in [4.69, 9.17) is 0 Å². The standard InChI is InChI=1S/C6H7NO/c1-5(8)6-3-2-4-7-6/h2-3H,4H2,1H3. The average Bonchev–Trinajstić information content (AvgIpc) is 2.12. The van der Waals surface area contributed by atoms with Crippen molar-refractivity contribution in [3.8, 4) is 0 Å². The summed E-state index contributed by atoms with van der Waals surface area (Å²) in [6, 6.07) is 0. The minimum Gasteiger partial charge on any atom is -0.293 e. The van der Waals surface area contributed by atoms with Crippen molar-refractivity contribution >= 4 is 11.5 Å². The predicted octanol–water partition coefficient (Wildman–Crippen LogP) is 0.586. The zero-order valence-electron chi connectivity index (χ0n) is 4.72. The van der Waals surface area contributed by atoms with E-state index in [1.807, 2.05) is 6.08 Å². The van der Waals surface area contributed by atoms with Crippen molar-refractivity contribution in [2.75, 3.05) is 6.54 Å². The quantitative estimate of drug-likeness (QED) is 0.484. The van der Waals surface area contributed by atoms with Gasteiger partial charge in [0.25, 0.3) is 0 Å². The summed E-state index contributed by atoms with van der Waals surface area (Å²) in [5, 5.41) is 0. The summed E-state index contributed by atoms with van der Waals surface area (Å²) in [7, 11) is 0. The molecule has 1 aliphatic rings. The first kappa shape index (κ1) is 5.22. The van der Waals surface area contributed by atoms with Crippen LogP contribution in [0.4, 0.5) is 0 Å². The van der Waals surface area contributed by atoms with Gasteiger partial charge in [0, 0.05) is 6.92 Å². The van der Waals surface area contributed by atoms with E-state index in [0.29, 0.717) is 12.3 Å². The van der Waals surface area contributed by atoms with Gasteiger partial charge in [-0.1, -0.05) is 6.08 Å². The predicted molar refractivity (Wildman–Crippen MR) is 32.1 cm³/mol. The van der Waals surface area contributed by atoms with Crippen LogP contribution in [0.3, 0.4) is 0 Å². The Labute approximate surface area is 47.9 Å². The summed E-state index contributed by atoms with van der Waals surface area (Å²) in [4.78, 5) is 14.4. The van der Waals surface area contributed by atoms with E-state index in [2.05, 4.69) is 4.99 Å². The molecule has 0 unspecified atom stereocenters. The fourth-order valence-corrected chi connectivity index (χ4v) is 0.597.